The maximum absolute atomic E-state index is 13.4. The lowest BCUT2D eigenvalue weighted by Crippen LogP contribution is -2.60. The summed E-state index contributed by atoms with van der Waals surface area (Å²) in [5.41, 5.74) is -1.03. The second kappa shape index (κ2) is 13.2. The summed E-state index contributed by atoms with van der Waals surface area (Å²) in [7, 11) is 0. The van der Waals surface area contributed by atoms with Gasteiger partial charge in [0, 0.05) is 13.1 Å². The van der Waals surface area contributed by atoms with Crippen LogP contribution in [0.15, 0.2) is 0 Å². The van der Waals surface area contributed by atoms with Crippen molar-refractivity contribution in [1.82, 2.24) is 20.9 Å². The van der Waals surface area contributed by atoms with Gasteiger partial charge in [0.15, 0.2) is 5.11 Å². The summed E-state index contributed by atoms with van der Waals surface area (Å²) in [5, 5.41) is 18.6. The summed E-state index contributed by atoms with van der Waals surface area (Å²) in [6.07, 6.45) is 7.97. The van der Waals surface area contributed by atoms with Crippen molar-refractivity contribution in [3.63, 3.8) is 0 Å². The number of hydrogen-bond donors (Lipinski definition) is 3. The Morgan fingerprint density at radius 2 is 1.85 bits per heavy atom. The number of carbonyl (C=O) groups is 2. The summed E-state index contributed by atoms with van der Waals surface area (Å²) in [6.45, 7) is 10.9. The van der Waals surface area contributed by atoms with Gasteiger partial charge in [-0.15, -0.1) is 0 Å². The lowest BCUT2D eigenvalue weighted by atomic mass is 9.84. The van der Waals surface area contributed by atoms with E-state index < -0.39 is 17.7 Å². The Hall–Kier alpha value is -1.92. The molecule has 1 aliphatic heterocycles. The van der Waals surface area contributed by atoms with Gasteiger partial charge in [-0.1, -0.05) is 59.8 Å². The van der Waals surface area contributed by atoms with E-state index in [2.05, 4.69) is 33.8 Å². The van der Waals surface area contributed by atoms with Crippen LogP contribution in [-0.2, 0) is 9.53 Å². The van der Waals surface area contributed by atoms with E-state index in [4.69, 9.17) is 17.0 Å². The molecule has 2 rings (SSSR count). The Morgan fingerprint density at radius 1 is 1.21 bits per heavy atom. The zero-order valence-electron chi connectivity index (χ0n) is 21.4. The molecule has 1 heterocycles. The van der Waals surface area contributed by atoms with Crippen molar-refractivity contribution in [2.75, 3.05) is 26.2 Å². The van der Waals surface area contributed by atoms with Crippen LogP contribution < -0.4 is 16.0 Å². The Morgan fingerprint density at radius 3 is 2.41 bits per heavy atom. The molecule has 0 unspecified atom stereocenters. The first-order chi connectivity index (χ1) is 16.1. The molecule has 1 atom stereocenters. The lowest BCUT2D eigenvalue weighted by Gasteiger charge is -2.38. The summed E-state index contributed by atoms with van der Waals surface area (Å²) in [6, 6.07) is 1.76. The van der Waals surface area contributed by atoms with Crippen LogP contribution in [0.25, 0.3) is 0 Å². The van der Waals surface area contributed by atoms with E-state index >= 15 is 0 Å². The number of alkyl carbamates (subject to hydrolysis) is 1. The van der Waals surface area contributed by atoms with Crippen molar-refractivity contribution in [3.05, 3.63) is 0 Å². The molecule has 1 aliphatic carbocycles. The van der Waals surface area contributed by atoms with Gasteiger partial charge in [0.2, 0.25) is 5.91 Å². The maximum Gasteiger partial charge on any atom is 0.413 e. The predicted octanol–water partition coefficient (Wildman–Crippen LogP) is 3.86. The number of likely N-dealkylation sites (tertiary alicyclic amines) is 1. The second-order valence-corrected chi connectivity index (χ2v) is 11.5. The third-order valence-electron chi connectivity index (χ3n) is 6.59. The minimum Gasteiger partial charge on any atom is -0.449 e. The van der Waals surface area contributed by atoms with Gasteiger partial charge in [0.05, 0.1) is 12.7 Å². The van der Waals surface area contributed by atoms with Gasteiger partial charge in [-0.3, -0.25) is 10.1 Å². The SMILES string of the molecule is CCCN1CCC(C#N)(NC(=O)[C@H](CC2CCCCC2)NC(=S)NC(=O)OCC(C)(C)C)CC1. The molecule has 3 N–H and O–H groups in total. The fourth-order valence-corrected chi connectivity index (χ4v) is 4.88. The topological polar surface area (TPSA) is 106 Å². The highest BCUT2D eigenvalue weighted by Crippen LogP contribution is 2.28. The van der Waals surface area contributed by atoms with Crippen LogP contribution >= 0.6 is 12.2 Å². The number of nitriles is 1. The smallest absolute Gasteiger partial charge is 0.413 e. The summed E-state index contributed by atoms with van der Waals surface area (Å²) in [4.78, 5) is 27.9. The molecule has 8 nitrogen and oxygen atoms in total. The number of nitrogens with one attached hydrogen (secondary N) is 3. The van der Waals surface area contributed by atoms with Crippen LogP contribution in [0.3, 0.4) is 0 Å². The van der Waals surface area contributed by atoms with E-state index in [0.29, 0.717) is 25.2 Å². The first-order valence-electron chi connectivity index (χ1n) is 12.8. The van der Waals surface area contributed by atoms with Gasteiger partial charge >= 0.3 is 6.09 Å². The van der Waals surface area contributed by atoms with Crippen LogP contribution in [0.1, 0.15) is 85.5 Å². The van der Waals surface area contributed by atoms with Crippen molar-refractivity contribution >= 4 is 29.3 Å². The average molecular weight is 494 g/mol. The molecule has 0 aromatic carbocycles. The molecular weight excluding hydrogens is 450 g/mol. The number of piperidine rings is 1. The number of amides is 2. The van der Waals surface area contributed by atoms with Crippen molar-refractivity contribution in [2.24, 2.45) is 11.3 Å². The zero-order valence-corrected chi connectivity index (χ0v) is 22.2. The summed E-state index contributed by atoms with van der Waals surface area (Å²) >= 11 is 5.33. The normalized spacial score (nSPS) is 20.0. The molecule has 0 aromatic heterocycles. The Labute approximate surface area is 210 Å². The highest BCUT2D eigenvalue weighted by atomic mass is 32.1. The number of ether oxygens (including phenoxy) is 1. The minimum atomic E-state index is -0.867. The monoisotopic (exact) mass is 493 g/mol. The van der Waals surface area contributed by atoms with Crippen LogP contribution in [0, 0.1) is 22.7 Å². The molecule has 2 fully saturated rings. The quantitative estimate of drug-likeness (QED) is 0.441. The standard InChI is InChI=1S/C25H43N5O3S/c1-5-13-30-14-11-25(17-26,12-15-30)29-21(31)20(16-19-9-7-6-8-10-19)27-22(34)28-23(32)33-18-24(2,3)4/h19-20H,5-16,18H2,1-4H3,(H,29,31)(H2,27,28,32,34)/t20-/m0/s1. The third kappa shape index (κ3) is 9.75. The molecule has 2 aliphatic rings. The molecule has 2 amide bonds. The molecule has 1 saturated heterocycles. The Bertz CT molecular complexity index is 732. The van der Waals surface area contributed by atoms with E-state index in [1.54, 1.807) is 0 Å². The van der Waals surface area contributed by atoms with Crippen LogP contribution in [0.5, 0.6) is 0 Å². The molecule has 34 heavy (non-hydrogen) atoms. The first-order valence-corrected chi connectivity index (χ1v) is 13.2. The molecule has 0 aromatic rings. The number of nitrogens with zero attached hydrogens (tertiary/aromatic N) is 2. The largest absolute Gasteiger partial charge is 0.449 e. The van der Waals surface area contributed by atoms with Crippen molar-refractivity contribution in [2.45, 2.75) is 97.1 Å². The van der Waals surface area contributed by atoms with E-state index in [1.807, 2.05) is 20.8 Å². The Kier molecular flexibility index (Phi) is 11.0. The fourth-order valence-electron chi connectivity index (χ4n) is 4.66. The van der Waals surface area contributed by atoms with Gasteiger partial charge in [-0.05, 0) is 55.8 Å². The lowest BCUT2D eigenvalue weighted by molar-refractivity contribution is -0.125. The average Bonchev–Trinajstić information content (AvgIpc) is 2.79. The molecule has 0 bridgehead atoms. The van der Waals surface area contributed by atoms with Gasteiger partial charge in [-0.25, -0.2) is 4.79 Å². The van der Waals surface area contributed by atoms with Crippen molar-refractivity contribution in [3.8, 4) is 6.07 Å². The summed E-state index contributed by atoms with van der Waals surface area (Å²) < 4.78 is 5.23. The van der Waals surface area contributed by atoms with Crippen LogP contribution in [-0.4, -0.2) is 59.8 Å². The molecule has 0 radical (unpaired) electrons. The number of carbonyl (C=O) groups excluding carboxylic acids is 2. The number of thiocarbonyl (C=S) groups is 1. The van der Waals surface area contributed by atoms with Crippen LogP contribution in [0.4, 0.5) is 4.79 Å². The number of rotatable bonds is 8. The zero-order chi connectivity index (χ0) is 25.2. The molecular formula is C25H43N5O3S. The van der Waals surface area contributed by atoms with Crippen molar-refractivity contribution < 1.29 is 14.3 Å². The first kappa shape index (κ1) is 28.3. The van der Waals surface area contributed by atoms with Crippen LogP contribution in [0.2, 0.25) is 0 Å². The minimum absolute atomic E-state index is 0.0682. The predicted molar refractivity (Wildman–Crippen MR) is 137 cm³/mol. The maximum atomic E-state index is 13.4. The highest BCUT2D eigenvalue weighted by Gasteiger charge is 2.38. The van der Waals surface area contributed by atoms with Gasteiger partial charge in [0.25, 0.3) is 0 Å². The van der Waals surface area contributed by atoms with Gasteiger partial charge in [0.1, 0.15) is 11.6 Å². The van der Waals surface area contributed by atoms with E-state index in [1.165, 1.54) is 6.42 Å². The molecule has 1 saturated carbocycles. The fraction of sp³-hybridized carbons (Fsp3) is 0.840. The molecule has 192 valence electrons. The molecule has 0 spiro atoms. The van der Waals surface area contributed by atoms with Gasteiger partial charge in [-0.2, -0.15) is 5.26 Å². The summed E-state index contributed by atoms with van der Waals surface area (Å²) in [5.74, 6) is 0.181. The van der Waals surface area contributed by atoms with Gasteiger partial charge < -0.3 is 20.3 Å². The van der Waals surface area contributed by atoms with Crippen molar-refractivity contribution in [1.29, 1.82) is 5.26 Å². The molecule has 9 heteroatoms. The second-order valence-electron chi connectivity index (χ2n) is 11.1. The van der Waals surface area contributed by atoms with E-state index in [-0.39, 0.29) is 23.0 Å². The van der Waals surface area contributed by atoms with E-state index in [0.717, 1.165) is 51.7 Å². The third-order valence-corrected chi connectivity index (χ3v) is 6.81. The Balaban J connectivity index is 2.01. The highest BCUT2D eigenvalue weighted by molar-refractivity contribution is 7.80. The van der Waals surface area contributed by atoms with E-state index in [9.17, 15) is 14.9 Å². The number of hydrogen-bond acceptors (Lipinski definition) is 6.